The molecule has 2 heterocycles. The Kier molecular flexibility index (Phi) is 4.78. The molecular weight excluding hydrogens is 314 g/mol. The van der Waals surface area contributed by atoms with E-state index in [4.69, 9.17) is 9.47 Å². The second-order valence-corrected chi connectivity index (χ2v) is 8.43. The molecule has 1 unspecified atom stereocenters. The maximum Gasteiger partial charge on any atom is 0.243 e. The van der Waals surface area contributed by atoms with Crippen LogP contribution in [0.25, 0.3) is 0 Å². The van der Waals surface area contributed by atoms with Crippen molar-refractivity contribution in [3.8, 4) is 0 Å². The van der Waals surface area contributed by atoms with E-state index < -0.39 is 10.0 Å². The van der Waals surface area contributed by atoms with Crippen LogP contribution in [0.1, 0.15) is 31.7 Å². The fraction of sp³-hybridized carbons (Fsp3) is 0.647. The lowest BCUT2D eigenvalue weighted by Crippen LogP contribution is -2.46. The summed E-state index contributed by atoms with van der Waals surface area (Å²) < 4.78 is 38.8. The molecule has 0 N–H and O–H groups in total. The Hall–Kier alpha value is -0.950. The Balaban J connectivity index is 1.67. The van der Waals surface area contributed by atoms with Crippen molar-refractivity contribution in [3.05, 3.63) is 29.8 Å². The van der Waals surface area contributed by atoms with E-state index in [0.29, 0.717) is 31.2 Å². The number of benzene rings is 1. The average molecular weight is 339 g/mol. The molecule has 1 atom stereocenters. The molecule has 5 nitrogen and oxygen atoms in total. The van der Waals surface area contributed by atoms with Gasteiger partial charge in [-0.1, -0.05) is 12.1 Å². The van der Waals surface area contributed by atoms with E-state index >= 15 is 0 Å². The summed E-state index contributed by atoms with van der Waals surface area (Å²) in [5.41, 5.74) is 0.761. The van der Waals surface area contributed by atoms with Gasteiger partial charge < -0.3 is 9.47 Å². The van der Waals surface area contributed by atoms with Crippen LogP contribution in [-0.4, -0.2) is 50.7 Å². The van der Waals surface area contributed by atoms with Gasteiger partial charge in [0, 0.05) is 26.1 Å². The quantitative estimate of drug-likeness (QED) is 0.845. The summed E-state index contributed by atoms with van der Waals surface area (Å²) in [6.45, 7) is 6.23. The molecule has 2 saturated heterocycles. The molecule has 0 radical (unpaired) electrons. The van der Waals surface area contributed by atoms with Gasteiger partial charge in [0.1, 0.15) is 0 Å². The number of aryl methyl sites for hydroxylation is 1. The first-order valence-corrected chi connectivity index (χ1v) is 9.72. The fourth-order valence-corrected chi connectivity index (χ4v) is 5.10. The standard InChI is InChI=1S/C17H25NO4S/c1-3-21-15-12-17(22-13-15)7-9-18(10-8-17)23(19,20)16-6-4-5-14(2)11-16/h4-6,11,15H,3,7-10,12-13H2,1-2H3. The zero-order valence-electron chi connectivity index (χ0n) is 13.8. The van der Waals surface area contributed by atoms with Crippen LogP contribution in [0.2, 0.25) is 0 Å². The zero-order chi connectivity index (χ0) is 16.5. The van der Waals surface area contributed by atoms with Gasteiger partial charge >= 0.3 is 0 Å². The van der Waals surface area contributed by atoms with Gasteiger partial charge in [0.05, 0.1) is 23.2 Å². The highest BCUT2D eigenvalue weighted by Crippen LogP contribution is 2.38. The number of hydrogen-bond donors (Lipinski definition) is 0. The monoisotopic (exact) mass is 339 g/mol. The van der Waals surface area contributed by atoms with Gasteiger partial charge in [0.2, 0.25) is 10.0 Å². The molecule has 1 aromatic carbocycles. The first-order valence-electron chi connectivity index (χ1n) is 8.28. The summed E-state index contributed by atoms with van der Waals surface area (Å²) in [7, 11) is -3.41. The van der Waals surface area contributed by atoms with Crippen LogP contribution in [0, 0.1) is 6.92 Å². The van der Waals surface area contributed by atoms with E-state index in [-0.39, 0.29) is 11.7 Å². The molecule has 23 heavy (non-hydrogen) atoms. The molecule has 0 amide bonds. The maximum absolute atomic E-state index is 12.8. The second kappa shape index (κ2) is 6.51. The number of ether oxygens (including phenoxy) is 2. The number of sulfonamides is 1. The first kappa shape index (κ1) is 16.9. The van der Waals surface area contributed by atoms with Gasteiger partial charge in [0.15, 0.2) is 0 Å². The van der Waals surface area contributed by atoms with E-state index in [1.807, 2.05) is 19.9 Å². The van der Waals surface area contributed by atoms with Gasteiger partial charge in [-0.3, -0.25) is 0 Å². The predicted molar refractivity (Wildman–Crippen MR) is 87.9 cm³/mol. The molecule has 128 valence electrons. The first-order chi connectivity index (χ1) is 11.0. The van der Waals surface area contributed by atoms with Crippen LogP contribution in [0.15, 0.2) is 29.2 Å². The predicted octanol–water partition coefficient (Wildman–Crippen LogP) is 2.34. The van der Waals surface area contributed by atoms with Crippen molar-refractivity contribution in [1.82, 2.24) is 4.31 Å². The highest BCUT2D eigenvalue weighted by atomic mass is 32.2. The molecule has 0 aliphatic carbocycles. The third-order valence-electron chi connectivity index (χ3n) is 4.84. The summed E-state index contributed by atoms with van der Waals surface area (Å²) >= 11 is 0. The molecule has 2 fully saturated rings. The molecular formula is C17H25NO4S. The smallest absolute Gasteiger partial charge is 0.243 e. The van der Waals surface area contributed by atoms with Gasteiger partial charge in [-0.25, -0.2) is 8.42 Å². The van der Waals surface area contributed by atoms with E-state index in [9.17, 15) is 8.42 Å². The van der Waals surface area contributed by atoms with Crippen molar-refractivity contribution < 1.29 is 17.9 Å². The summed E-state index contributed by atoms with van der Waals surface area (Å²) in [5.74, 6) is 0. The van der Waals surface area contributed by atoms with Crippen molar-refractivity contribution in [3.63, 3.8) is 0 Å². The van der Waals surface area contributed by atoms with Crippen LogP contribution in [0.4, 0.5) is 0 Å². The minimum atomic E-state index is -3.41. The van der Waals surface area contributed by atoms with Crippen molar-refractivity contribution in [1.29, 1.82) is 0 Å². The topological polar surface area (TPSA) is 55.8 Å². The van der Waals surface area contributed by atoms with Gasteiger partial charge in [-0.05, 0) is 44.4 Å². The molecule has 3 rings (SSSR count). The number of rotatable bonds is 4. The van der Waals surface area contributed by atoms with Gasteiger partial charge in [-0.15, -0.1) is 0 Å². The van der Waals surface area contributed by atoms with Crippen LogP contribution in [0.3, 0.4) is 0 Å². The lowest BCUT2D eigenvalue weighted by Gasteiger charge is -2.37. The lowest BCUT2D eigenvalue weighted by molar-refractivity contribution is -0.0336. The molecule has 1 aromatic rings. The number of nitrogens with zero attached hydrogens (tertiary/aromatic N) is 1. The van der Waals surface area contributed by atoms with Crippen molar-refractivity contribution in [2.75, 3.05) is 26.3 Å². The van der Waals surface area contributed by atoms with Crippen LogP contribution < -0.4 is 0 Å². The summed E-state index contributed by atoms with van der Waals surface area (Å²) in [6, 6.07) is 7.10. The summed E-state index contributed by atoms with van der Waals surface area (Å²) in [4.78, 5) is 0.382. The Labute approximate surface area is 138 Å². The Morgan fingerprint density at radius 3 is 2.74 bits per heavy atom. The Morgan fingerprint density at radius 1 is 1.35 bits per heavy atom. The summed E-state index contributed by atoms with van der Waals surface area (Å²) in [5, 5.41) is 0. The van der Waals surface area contributed by atoms with Gasteiger partial charge in [-0.2, -0.15) is 4.31 Å². The molecule has 1 spiro atoms. The molecule has 2 aliphatic rings. The third-order valence-corrected chi connectivity index (χ3v) is 6.73. The van der Waals surface area contributed by atoms with E-state index in [1.165, 1.54) is 0 Å². The Morgan fingerprint density at radius 2 is 2.09 bits per heavy atom. The molecule has 6 heteroatoms. The van der Waals surface area contributed by atoms with Crippen molar-refractivity contribution >= 4 is 10.0 Å². The van der Waals surface area contributed by atoms with E-state index in [0.717, 1.165) is 24.8 Å². The summed E-state index contributed by atoms with van der Waals surface area (Å²) in [6.07, 6.45) is 2.50. The number of piperidine rings is 1. The minimum absolute atomic E-state index is 0.153. The largest absolute Gasteiger partial charge is 0.376 e. The average Bonchev–Trinajstić information content (AvgIpc) is 2.91. The molecule has 0 aromatic heterocycles. The van der Waals surface area contributed by atoms with Crippen molar-refractivity contribution in [2.24, 2.45) is 0 Å². The van der Waals surface area contributed by atoms with E-state index in [1.54, 1.807) is 22.5 Å². The van der Waals surface area contributed by atoms with E-state index in [2.05, 4.69) is 0 Å². The molecule has 0 bridgehead atoms. The second-order valence-electron chi connectivity index (χ2n) is 6.50. The van der Waals surface area contributed by atoms with Crippen molar-refractivity contribution in [2.45, 2.75) is 49.7 Å². The highest BCUT2D eigenvalue weighted by Gasteiger charge is 2.45. The zero-order valence-corrected chi connectivity index (χ0v) is 14.6. The Bertz CT molecular complexity index is 650. The third kappa shape index (κ3) is 3.45. The number of hydrogen-bond acceptors (Lipinski definition) is 4. The van der Waals surface area contributed by atoms with Crippen LogP contribution >= 0.6 is 0 Å². The normalized spacial score (nSPS) is 25.0. The SMILES string of the molecule is CCOC1COC2(CCN(S(=O)(=O)c3cccc(C)c3)CC2)C1. The minimum Gasteiger partial charge on any atom is -0.376 e. The molecule has 2 aliphatic heterocycles. The van der Waals surface area contributed by atoms with Crippen LogP contribution in [-0.2, 0) is 19.5 Å². The highest BCUT2D eigenvalue weighted by molar-refractivity contribution is 7.89. The fourth-order valence-electron chi connectivity index (χ4n) is 3.55. The molecule has 0 saturated carbocycles. The van der Waals surface area contributed by atoms with Gasteiger partial charge in [0.25, 0.3) is 0 Å². The lowest BCUT2D eigenvalue weighted by atomic mass is 9.89. The van der Waals surface area contributed by atoms with Crippen LogP contribution in [0.5, 0.6) is 0 Å². The maximum atomic E-state index is 12.8.